The minimum absolute atomic E-state index is 0.171. The number of hydrogen-bond acceptors (Lipinski definition) is 6. The maximum Gasteiger partial charge on any atom is 0.228 e. The largest absolute Gasteiger partial charge is 0.461 e. The lowest BCUT2D eigenvalue weighted by molar-refractivity contribution is -0.242. The van der Waals surface area contributed by atoms with Crippen molar-refractivity contribution >= 4 is 5.78 Å². The summed E-state index contributed by atoms with van der Waals surface area (Å²) in [6, 6.07) is 12.4. The number of benzene rings is 2. The molecule has 1 fully saturated rings. The molecule has 1 heterocycles. The average Bonchev–Trinajstić information content (AvgIpc) is 2.63. The minimum atomic E-state index is -1.43. The van der Waals surface area contributed by atoms with Gasteiger partial charge in [0.25, 0.3) is 0 Å². The summed E-state index contributed by atoms with van der Waals surface area (Å²) in [5, 5.41) is 29.4. The van der Waals surface area contributed by atoms with Crippen molar-refractivity contribution in [1.82, 2.24) is 0 Å². The predicted molar refractivity (Wildman–Crippen MR) is 94.2 cm³/mol. The molecule has 0 amide bonds. The number of hydrogen-bond donors (Lipinski definition) is 3. The molecule has 6 heteroatoms. The van der Waals surface area contributed by atoms with E-state index in [1.807, 2.05) is 26.0 Å². The van der Waals surface area contributed by atoms with Crippen LogP contribution in [0.25, 0.3) is 0 Å². The number of rotatable bonds is 4. The molecule has 26 heavy (non-hydrogen) atoms. The van der Waals surface area contributed by atoms with Gasteiger partial charge in [0.15, 0.2) is 5.78 Å². The Labute approximate surface area is 151 Å². The van der Waals surface area contributed by atoms with E-state index in [4.69, 9.17) is 9.47 Å². The molecule has 1 saturated heterocycles. The van der Waals surface area contributed by atoms with E-state index < -0.39 is 24.6 Å². The van der Waals surface area contributed by atoms with Crippen LogP contribution >= 0.6 is 0 Å². The van der Waals surface area contributed by atoms with Crippen molar-refractivity contribution in [2.75, 3.05) is 6.61 Å². The van der Waals surface area contributed by atoms with Gasteiger partial charge >= 0.3 is 0 Å². The standard InChI is InChI=1S/C20H22O6/c1-11-7-8-16(26-20-19(24)18(23)15(21)10-25-20)14(9-11)17(22)13-6-4-3-5-12(13)2/h3-9,15,18-21,23-24H,10H2,1-2H3/t15-,18+,19-,20+/m1/s1. The summed E-state index contributed by atoms with van der Waals surface area (Å²) >= 11 is 0. The SMILES string of the molecule is Cc1ccc(O[C@@H]2OC[C@@H](O)[C@H](O)[C@H]2O)c(C(=O)c2ccccc2C)c1. The molecule has 0 radical (unpaired) electrons. The molecular formula is C20H22O6. The highest BCUT2D eigenvalue weighted by Gasteiger charge is 2.39. The van der Waals surface area contributed by atoms with E-state index in [0.29, 0.717) is 11.1 Å². The van der Waals surface area contributed by atoms with Crippen molar-refractivity contribution < 1.29 is 29.6 Å². The Morgan fingerprint density at radius 3 is 2.50 bits per heavy atom. The Morgan fingerprint density at radius 1 is 1.04 bits per heavy atom. The summed E-state index contributed by atoms with van der Waals surface area (Å²) in [6.45, 7) is 3.55. The monoisotopic (exact) mass is 358 g/mol. The number of aliphatic hydroxyl groups is 3. The summed E-state index contributed by atoms with van der Waals surface area (Å²) in [5.41, 5.74) is 2.63. The molecule has 0 spiro atoms. The fourth-order valence-corrected chi connectivity index (χ4v) is 2.90. The molecule has 1 aliphatic rings. The van der Waals surface area contributed by atoms with Gasteiger partial charge in [-0.25, -0.2) is 0 Å². The van der Waals surface area contributed by atoms with Crippen LogP contribution in [0.1, 0.15) is 27.0 Å². The fraction of sp³-hybridized carbons (Fsp3) is 0.350. The number of aliphatic hydroxyl groups excluding tert-OH is 3. The van der Waals surface area contributed by atoms with Gasteiger partial charge in [-0.3, -0.25) is 4.79 Å². The number of ketones is 1. The molecular weight excluding hydrogens is 336 g/mol. The first kappa shape index (κ1) is 18.5. The normalized spacial score (nSPS) is 25.7. The summed E-state index contributed by atoms with van der Waals surface area (Å²) in [4.78, 5) is 13.0. The molecule has 0 bridgehead atoms. The smallest absolute Gasteiger partial charge is 0.228 e. The predicted octanol–water partition coefficient (Wildman–Crippen LogP) is 1.35. The topological polar surface area (TPSA) is 96.2 Å². The molecule has 0 unspecified atom stereocenters. The van der Waals surface area contributed by atoms with E-state index in [2.05, 4.69) is 0 Å². The van der Waals surface area contributed by atoms with Crippen LogP contribution in [0.2, 0.25) is 0 Å². The lowest BCUT2D eigenvalue weighted by Crippen LogP contribution is -2.54. The second-order valence-corrected chi connectivity index (χ2v) is 6.51. The molecule has 3 N–H and O–H groups in total. The first-order chi connectivity index (χ1) is 12.4. The highest BCUT2D eigenvalue weighted by atomic mass is 16.7. The van der Waals surface area contributed by atoms with E-state index in [0.717, 1.165) is 11.1 Å². The Kier molecular flexibility index (Phi) is 5.38. The molecule has 6 nitrogen and oxygen atoms in total. The molecule has 0 saturated carbocycles. The van der Waals surface area contributed by atoms with Crippen molar-refractivity contribution in [2.45, 2.75) is 38.4 Å². The molecule has 3 rings (SSSR count). The lowest BCUT2D eigenvalue weighted by atomic mass is 9.97. The van der Waals surface area contributed by atoms with E-state index in [-0.39, 0.29) is 18.1 Å². The molecule has 2 aromatic rings. The molecule has 4 atom stereocenters. The van der Waals surface area contributed by atoms with Gasteiger partial charge in [0, 0.05) is 5.56 Å². The summed E-state index contributed by atoms with van der Waals surface area (Å²) in [6.07, 6.45) is -5.17. The van der Waals surface area contributed by atoms with Crippen molar-refractivity contribution in [3.63, 3.8) is 0 Å². The molecule has 0 aromatic heterocycles. The Balaban J connectivity index is 1.92. The van der Waals surface area contributed by atoms with Gasteiger partial charge in [-0.05, 0) is 31.5 Å². The highest BCUT2D eigenvalue weighted by molar-refractivity contribution is 6.11. The molecule has 1 aliphatic heterocycles. The van der Waals surface area contributed by atoms with Crippen LogP contribution in [0.15, 0.2) is 42.5 Å². The average molecular weight is 358 g/mol. The van der Waals surface area contributed by atoms with Gasteiger partial charge in [0.2, 0.25) is 6.29 Å². The number of aryl methyl sites for hydroxylation is 2. The summed E-state index contributed by atoms with van der Waals surface area (Å²) < 4.78 is 11.0. The zero-order chi connectivity index (χ0) is 18.8. The number of ether oxygens (including phenoxy) is 2. The Hall–Kier alpha value is -2.25. The Morgan fingerprint density at radius 2 is 1.77 bits per heavy atom. The van der Waals surface area contributed by atoms with Crippen molar-refractivity contribution in [3.8, 4) is 5.75 Å². The maximum absolute atomic E-state index is 13.0. The van der Waals surface area contributed by atoms with Crippen molar-refractivity contribution in [2.24, 2.45) is 0 Å². The van der Waals surface area contributed by atoms with Crippen LogP contribution in [0, 0.1) is 13.8 Å². The van der Waals surface area contributed by atoms with Gasteiger partial charge in [0.05, 0.1) is 12.2 Å². The van der Waals surface area contributed by atoms with Gasteiger partial charge in [-0.2, -0.15) is 0 Å². The van der Waals surface area contributed by atoms with Crippen molar-refractivity contribution in [1.29, 1.82) is 0 Å². The fourth-order valence-electron chi connectivity index (χ4n) is 2.90. The first-order valence-corrected chi connectivity index (χ1v) is 8.42. The van der Waals surface area contributed by atoms with E-state index in [1.54, 1.807) is 30.3 Å². The molecule has 0 aliphatic carbocycles. The zero-order valence-electron chi connectivity index (χ0n) is 14.6. The highest BCUT2D eigenvalue weighted by Crippen LogP contribution is 2.28. The zero-order valence-corrected chi connectivity index (χ0v) is 14.6. The number of carbonyl (C=O) groups is 1. The van der Waals surface area contributed by atoms with E-state index in [9.17, 15) is 20.1 Å². The van der Waals surface area contributed by atoms with Crippen LogP contribution in [-0.4, -0.2) is 52.3 Å². The van der Waals surface area contributed by atoms with E-state index in [1.165, 1.54) is 0 Å². The molecule has 138 valence electrons. The summed E-state index contributed by atoms with van der Waals surface area (Å²) in [5.74, 6) is 0.0455. The second-order valence-electron chi connectivity index (χ2n) is 6.51. The van der Waals surface area contributed by atoms with Crippen molar-refractivity contribution in [3.05, 3.63) is 64.7 Å². The quantitative estimate of drug-likeness (QED) is 0.714. The second kappa shape index (κ2) is 7.55. The van der Waals surface area contributed by atoms with Crippen LogP contribution in [0.5, 0.6) is 5.75 Å². The molecule has 2 aromatic carbocycles. The maximum atomic E-state index is 13.0. The van der Waals surface area contributed by atoms with Crippen LogP contribution in [0.4, 0.5) is 0 Å². The van der Waals surface area contributed by atoms with Crippen LogP contribution < -0.4 is 4.74 Å². The Bertz CT molecular complexity index is 803. The summed E-state index contributed by atoms with van der Waals surface area (Å²) in [7, 11) is 0. The lowest BCUT2D eigenvalue weighted by Gasteiger charge is -2.35. The minimum Gasteiger partial charge on any atom is -0.461 e. The van der Waals surface area contributed by atoms with Gasteiger partial charge in [-0.15, -0.1) is 0 Å². The van der Waals surface area contributed by atoms with Gasteiger partial charge in [0.1, 0.15) is 24.1 Å². The number of carbonyl (C=O) groups excluding carboxylic acids is 1. The van der Waals surface area contributed by atoms with Crippen LogP contribution in [-0.2, 0) is 4.74 Å². The third-order valence-corrected chi connectivity index (χ3v) is 4.47. The first-order valence-electron chi connectivity index (χ1n) is 8.42. The van der Waals surface area contributed by atoms with E-state index >= 15 is 0 Å². The third-order valence-electron chi connectivity index (χ3n) is 4.47. The third kappa shape index (κ3) is 3.64. The van der Waals surface area contributed by atoms with Gasteiger partial charge in [-0.1, -0.05) is 35.9 Å². The van der Waals surface area contributed by atoms with Gasteiger partial charge < -0.3 is 24.8 Å². The van der Waals surface area contributed by atoms with Crippen LogP contribution in [0.3, 0.4) is 0 Å².